The average Bonchev–Trinajstić information content (AvgIpc) is 2.42. The molecule has 2 rings (SSSR count). The molecule has 0 aliphatic rings. The van der Waals surface area contributed by atoms with Crippen LogP contribution in [0.25, 0.3) is 0 Å². The first-order valence-corrected chi connectivity index (χ1v) is 6.26. The fourth-order valence-electron chi connectivity index (χ4n) is 1.87. The third-order valence-electron chi connectivity index (χ3n) is 2.80. The monoisotopic (exact) mass is 260 g/mol. The minimum Gasteiger partial charge on any atom is -0.398 e. The van der Waals surface area contributed by atoms with Crippen molar-refractivity contribution in [3.8, 4) is 0 Å². The molecular formula is C14H17FN4. The molecule has 5 heteroatoms. The number of para-hydroxylation sites is 1. The second-order valence-corrected chi connectivity index (χ2v) is 4.32. The van der Waals surface area contributed by atoms with Crippen LogP contribution in [0.2, 0.25) is 0 Å². The number of hydrogen-bond acceptors (Lipinski definition) is 4. The normalized spacial score (nSPS) is 10.4. The summed E-state index contributed by atoms with van der Waals surface area (Å²) in [5.41, 5.74) is 7.70. The third kappa shape index (κ3) is 3.40. The average molecular weight is 260 g/mol. The maximum atomic E-state index is 12.9. The number of nitrogens with zero attached hydrogens (tertiary/aromatic N) is 3. The maximum absolute atomic E-state index is 12.9. The highest BCUT2D eigenvalue weighted by atomic mass is 19.1. The van der Waals surface area contributed by atoms with Crippen molar-refractivity contribution in [3.05, 3.63) is 48.0 Å². The number of nitrogens with two attached hydrogens (primary N) is 1. The smallest absolute Gasteiger partial charge is 0.225 e. The molecule has 0 bridgehead atoms. The zero-order valence-electron chi connectivity index (χ0n) is 10.9. The fraction of sp³-hybridized carbons (Fsp3) is 0.286. The second-order valence-electron chi connectivity index (χ2n) is 4.32. The third-order valence-corrected chi connectivity index (χ3v) is 2.80. The van der Waals surface area contributed by atoms with Gasteiger partial charge in [0.2, 0.25) is 5.95 Å². The summed E-state index contributed by atoms with van der Waals surface area (Å²) in [5, 5.41) is 0. The molecule has 1 aromatic heterocycles. The predicted octanol–water partition coefficient (Wildman–Crippen LogP) is 2.61. The Labute approximate surface area is 112 Å². The number of anilines is 2. The highest BCUT2D eigenvalue weighted by molar-refractivity contribution is 5.48. The van der Waals surface area contributed by atoms with Crippen molar-refractivity contribution < 1.29 is 4.39 Å². The van der Waals surface area contributed by atoms with Gasteiger partial charge in [0.15, 0.2) is 5.82 Å². The van der Waals surface area contributed by atoms with Crippen molar-refractivity contribution in [3.63, 3.8) is 0 Å². The van der Waals surface area contributed by atoms with Crippen LogP contribution >= 0.6 is 0 Å². The van der Waals surface area contributed by atoms with Crippen LogP contribution in [0.4, 0.5) is 16.0 Å². The van der Waals surface area contributed by atoms with E-state index in [9.17, 15) is 4.39 Å². The highest BCUT2D eigenvalue weighted by Gasteiger charge is 2.11. The lowest BCUT2D eigenvalue weighted by atomic mass is 10.1. The van der Waals surface area contributed by atoms with Gasteiger partial charge in [0.05, 0.1) is 12.4 Å². The molecule has 0 amide bonds. The number of benzene rings is 1. The van der Waals surface area contributed by atoms with E-state index in [1.807, 2.05) is 29.2 Å². The van der Waals surface area contributed by atoms with Crippen molar-refractivity contribution >= 4 is 11.6 Å². The number of nitrogen functional groups attached to an aromatic ring is 1. The zero-order chi connectivity index (χ0) is 13.7. The summed E-state index contributed by atoms with van der Waals surface area (Å²) >= 11 is 0. The van der Waals surface area contributed by atoms with Crippen LogP contribution in [-0.2, 0) is 6.54 Å². The van der Waals surface area contributed by atoms with Gasteiger partial charge in [0.1, 0.15) is 0 Å². The van der Waals surface area contributed by atoms with Crippen LogP contribution in [0.3, 0.4) is 0 Å². The first kappa shape index (κ1) is 13.3. The first-order valence-electron chi connectivity index (χ1n) is 6.26. The molecule has 0 atom stereocenters. The second kappa shape index (κ2) is 6.13. The van der Waals surface area contributed by atoms with E-state index in [2.05, 4.69) is 16.9 Å². The van der Waals surface area contributed by atoms with Crippen LogP contribution in [0.5, 0.6) is 0 Å². The molecule has 4 nitrogen and oxygen atoms in total. The lowest BCUT2D eigenvalue weighted by molar-refractivity contribution is 0.610. The van der Waals surface area contributed by atoms with Crippen LogP contribution < -0.4 is 10.6 Å². The van der Waals surface area contributed by atoms with Gasteiger partial charge in [0.25, 0.3) is 0 Å². The Hall–Kier alpha value is -2.17. The van der Waals surface area contributed by atoms with Crippen LogP contribution in [0.15, 0.2) is 36.7 Å². The predicted molar refractivity (Wildman–Crippen MR) is 74.2 cm³/mol. The summed E-state index contributed by atoms with van der Waals surface area (Å²) < 4.78 is 12.9. The van der Waals surface area contributed by atoms with Gasteiger partial charge in [-0.15, -0.1) is 0 Å². The molecule has 0 fully saturated rings. The number of hydrogen-bond donors (Lipinski definition) is 1. The molecule has 19 heavy (non-hydrogen) atoms. The Balaban J connectivity index is 2.21. The maximum Gasteiger partial charge on any atom is 0.225 e. The largest absolute Gasteiger partial charge is 0.398 e. The Bertz CT molecular complexity index is 527. The fourth-order valence-corrected chi connectivity index (χ4v) is 1.87. The molecule has 0 radical (unpaired) electrons. The molecule has 0 unspecified atom stereocenters. The van der Waals surface area contributed by atoms with E-state index in [0.717, 1.165) is 24.2 Å². The Kier molecular flexibility index (Phi) is 4.28. The van der Waals surface area contributed by atoms with Gasteiger partial charge in [0, 0.05) is 18.8 Å². The van der Waals surface area contributed by atoms with Crippen molar-refractivity contribution in [2.75, 3.05) is 17.2 Å². The van der Waals surface area contributed by atoms with Crippen LogP contribution in [0.1, 0.15) is 18.9 Å². The first-order chi connectivity index (χ1) is 9.20. The summed E-state index contributed by atoms with van der Waals surface area (Å²) in [4.78, 5) is 10.0. The molecule has 0 aliphatic carbocycles. The number of aromatic nitrogens is 2. The SMILES string of the molecule is CCCN(Cc1ccccc1N)c1ncc(F)cn1. The van der Waals surface area contributed by atoms with E-state index in [0.29, 0.717) is 12.5 Å². The lowest BCUT2D eigenvalue weighted by Gasteiger charge is -2.22. The molecule has 1 aromatic carbocycles. The molecule has 100 valence electrons. The summed E-state index contributed by atoms with van der Waals surface area (Å²) in [6, 6.07) is 7.69. The molecule has 1 heterocycles. The van der Waals surface area contributed by atoms with Crippen molar-refractivity contribution in [2.45, 2.75) is 19.9 Å². The van der Waals surface area contributed by atoms with Gasteiger partial charge in [-0.25, -0.2) is 14.4 Å². The highest BCUT2D eigenvalue weighted by Crippen LogP contribution is 2.17. The Morgan fingerprint density at radius 1 is 1.21 bits per heavy atom. The molecule has 2 N–H and O–H groups in total. The van der Waals surface area contributed by atoms with Gasteiger partial charge in [-0.3, -0.25) is 0 Å². The van der Waals surface area contributed by atoms with E-state index in [1.165, 1.54) is 12.4 Å². The van der Waals surface area contributed by atoms with Gasteiger partial charge >= 0.3 is 0 Å². The lowest BCUT2D eigenvalue weighted by Crippen LogP contribution is -2.26. The quantitative estimate of drug-likeness (QED) is 0.840. The summed E-state index contributed by atoms with van der Waals surface area (Å²) in [6.07, 6.45) is 3.31. The molecule has 0 saturated carbocycles. The van der Waals surface area contributed by atoms with Crippen LogP contribution in [-0.4, -0.2) is 16.5 Å². The van der Waals surface area contributed by atoms with E-state index >= 15 is 0 Å². The summed E-state index contributed by atoms with van der Waals surface area (Å²) in [5.74, 6) is 0.0888. The Morgan fingerprint density at radius 2 is 1.89 bits per heavy atom. The number of halogens is 1. The topological polar surface area (TPSA) is 55.0 Å². The zero-order valence-corrected chi connectivity index (χ0v) is 10.9. The van der Waals surface area contributed by atoms with Gasteiger partial charge in [-0.05, 0) is 18.1 Å². The van der Waals surface area contributed by atoms with Gasteiger partial charge in [-0.1, -0.05) is 25.1 Å². The number of rotatable bonds is 5. The van der Waals surface area contributed by atoms with E-state index in [-0.39, 0.29) is 0 Å². The van der Waals surface area contributed by atoms with Crippen molar-refractivity contribution in [2.24, 2.45) is 0 Å². The standard InChI is InChI=1S/C14H17FN4/c1-2-7-19(14-17-8-12(15)9-18-14)10-11-5-3-4-6-13(11)16/h3-6,8-9H,2,7,10,16H2,1H3. The van der Waals surface area contributed by atoms with E-state index in [1.54, 1.807) is 0 Å². The van der Waals surface area contributed by atoms with Crippen molar-refractivity contribution in [1.29, 1.82) is 0 Å². The summed E-state index contributed by atoms with van der Waals surface area (Å²) in [6.45, 7) is 3.48. The van der Waals surface area contributed by atoms with Crippen molar-refractivity contribution in [1.82, 2.24) is 9.97 Å². The molecule has 0 saturated heterocycles. The Morgan fingerprint density at radius 3 is 2.53 bits per heavy atom. The van der Waals surface area contributed by atoms with E-state index in [4.69, 9.17) is 5.73 Å². The van der Waals surface area contributed by atoms with E-state index < -0.39 is 5.82 Å². The molecule has 0 aliphatic heterocycles. The molecule has 0 spiro atoms. The molecular weight excluding hydrogens is 243 g/mol. The van der Waals surface area contributed by atoms with Gasteiger partial charge in [-0.2, -0.15) is 0 Å². The minimum absolute atomic E-state index is 0.431. The van der Waals surface area contributed by atoms with Crippen LogP contribution in [0, 0.1) is 5.82 Å². The molecule has 2 aromatic rings. The summed E-state index contributed by atoms with van der Waals surface area (Å²) in [7, 11) is 0. The minimum atomic E-state index is -0.431. The van der Waals surface area contributed by atoms with Gasteiger partial charge < -0.3 is 10.6 Å².